The van der Waals surface area contributed by atoms with E-state index in [0.717, 1.165) is 23.9 Å². The summed E-state index contributed by atoms with van der Waals surface area (Å²) < 4.78 is 2.13. The highest BCUT2D eigenvalue weighted by molar-refractivity contribution is 5.42. The van der Waals surface area contributed by atoms with E-state index in [1.807, 2.05) is 13.0 Å². The minimum absolute atomic E-state index is 0.598. The van der Waals surface area contributed by atoms with Crippen LogP contribution in [0.2, 0.25) is 0 Å². The fourth-order valence-electron chi connectivity index (χ4n) is 2.55. The number of aryl methyl sites for hydroxylation is 1. The lowest BCUT2D eigenvalue weighted by molar-refractivity contribution is 0.413. The van der Waals surface area contributed by atoms with Gasteiger partial charge in [-0.15, -0.1) is 0 Å². The fourth-order valence-corrected chi connectivity index (χ4v) is 2.55. The third-order valence-electron chi connectivity index (χ3n) is 3.90. The van der Waals surface area contributed by atoms with Crippen LogP contribution in [-0.2, 0) is 6.54 Å². The molecule has 3 nitrogen and oxygen atoms in total. The fraction of sp³-hybridized carbons (Fsp3) is 0.400. The predicted molar refractivity (Wildman–Crippen MR) is 73.5 cm³/mol. The molecule has 3 heteroatoms. The summed E-state index contributed by atoms with van der Waals surface area (Å²) in [6.45, 7) is 2.86. The molecule has 0 unspecified atom stereocenters. The summed E-state index contributed by atoms with van der Waals surface area (Å²) in [6.07, 6.45) is 3.80. The Hall–Kier alpha value is -1.77. The summed E-state index contributed by atoms with van der Waals surface area (Å²) in [7, 11) is 0. The lowest BCUT2D eigenvalue weighted by Gasteiger charge is -2.24. The second-order valence-corrected chi connectivity index (χ2v) is 5.13. The molecule has 1 aromatic carbocycles. The molecule has 1 aliphatic carbocycles. The van der Waals surface area contributed by atoms with Crippen LogP contribution in [0, 0.1) is 6.92 Å². The molecule has 1 saturated carbocycles. The van der Waals surface area contributed by atoms with Gasteiger partial charge in [0.2, 0.25) is 0 Å². The average molecular weight is 241 g/mol. The van der Waals surface area contributed by atoms with Crippen LogP contribution in [0.25, 0.3) is 0 Å². The first kappa shape index (κ1) is 11.3. The first-order valence-electron chi connectivity index (χ1n) is 6.62. The molecule has 0 atom stereocenters. The van der Waals surface area contributed by atoms with Gasteiger partial charge < -0.3 is 10.3 Å². The number of hydrogen-bond donors (Lipinski definition) is 1. The molecule has 1 heterocycles. The number of nitrogens with two attached hydrogens (primary N) is 1. The van der Waals surface area contributed by atoms with E-state index >= 15 is 0 Å². The number of imidazole rings is 1. The molecule has 2 aromatic rings. The molecule has 0 saturated heterocycles. The van der Waals surface area contributed by atoms with Crippen molar-refractivity contribution < 1.29 is 0 Å². The predicted octanol–water partition coefficient (Wildman–Crippen LogP) is 3.09. The van der Waals surface area contributed by atoms with E-state index in [9.17, 15) is 0 Å². The summed E-state index contributed by atoms with van der Waals surface area (Å²) in [5.41, 5.74) is 8.65. The van der Waals surface area contributed by atoms with Gasteiger partial charge >= 0.3 is 0 Å². The molecule has 2 N–H and O–H groups in total. The number of aromatic nitrogens is 2. The highest BCUT2D eigenvalue weighted by atomic mass is 15.1. The molecule has 0 radical (unpaired) electrons. The van der Waals surface area contributed by atoms with Crippen LogP contribution in [0.3, 0.4) is 0 Å². The Morgan fingerprint density at radius 3 is 2.61 bits per heavy atom. The van der Waals surface area contributed by atoms with Gasteiger partial charge in [0.25, 0.3) is 0 Å². The number of rotatable bonds is 3. The highest BCUT2D eigenvalue weighted by Gasteiger charge is 2.26. The molecule has 0 aliphatic heterocycles. The monoisotopic (exact) mass is 241 g/mol. The quantitative estimate of drug-likeness (QED) is 0.897. The molecule has 18 heavy (non-hydrogen) atoms. The molecule has 1 fully saturated rings. The van der Waals surface area contributed by atoms with Crippen molar-refractivity contribution in [3.63, 3.8) is 0 Å². The van der Waals surface area contributed by atoms with Crippen LogP contribution < -0.4 is 5.73 Å². The van der Waals surface area contributed by atoms with Gasteiger partial charge in [-0.1, -0.05) is 36.8 Å². The van der Waals surface area contributed by atoms with Crippen LogP contribution in [-0.4, -0.2) is 9.55 Å². The van der Waals surface area contributed by atoms with Crippen molar-refractivity contribution in [2.24, 2.45) is 0 Å². The maximum absolute atomic E-state index is 6.26. The summed E-state index contributed by atoms with van der Waals surface area (Å²) >= 11 is 0. The van der Waals surface area contributed by atoms with Gasteiger partial charge in [-0.2, -0.15) is 0 Å². The molecule has 1 aromatic heterocycles. The van der Waals surface area contributed by atoms with Crippen LogP contribution in [0.1, 0.15) is 42.3 Å². The number of hydrogen-bond acceptors (Lipinski definition) is 2. The van der Waals surface area contributed by atoms with E-state index in [-0.39, 0.29) is 0 Å². The Labute approximate surface area is 108 Å². The van der Waals surface area contributed by atoms with Crippen LogP contribution >= 0.6 is 0 Å². The molecule has 1 aliphatic rings. The minimum Gasteiger partial charge on any atom is -0.384 e. The molecular weight excluding hydrogens is 222 g/mol. The average Bonchev–Trinajstić information content (AvgIpc) is 2.57. The van der Waals surface area contributed by atoms with E-state index in [4.69, 9.17) is 5.73 Å². The lowest BCUT2D eigenvalue weighted by atomic mass is 9.83. The van der Waals surface area contributed by atoms with Gasteiger partial charge in [-0.3, -0.25) is 0 Å². The van der Waals surface area contributed by atoms with Crippen LogP contribution in [0.5, 0.6) is 0 Å². The van der Waals surface area contributed by atoms with Gasteiger partial charge in [0.15, 0.2) is 0 Å². The molecule has 94 valence electrons. The van der Waals surface area contributed by atoms with Crippen molar-refractivity contribution >= 4 is 5.82 Å². The standard InChI is InChI=1S/C15H19N3/c1-11-17-14(13-8-5-9-13)15(16)18(11)10-12-6-3-2-4-7-12/h2-4,6-7,13H,5,8-10,16H2,1H3. The Morgan fingerprint density at radius 1 is 1.28 bits per heavy atom. The van der Waals surface area contributed by atoms with Gasteiger partial charge in [0.1, 0.15) is 11.6 Å². The van der Waals surface area contributed by atoms with Gasteiger partial charge in [-0.05, 0) is 25.3 Å². The Morgan fingerprint density at radius 2 is 2.00 bits per heavy atom. The Bertz CT molecular complexity index is 538. The van der Waals surface area contributed by atoms with Crippen molar-refractivity contribution in [3.05, 3.63) is 47.4 Å². The highest BCUT2D eigenvalue weighted by Crippen LogP contribution is 2.38. The SMILES string of the molecule is Cc1nc(C2CCC2)c(N)n1Cc1ccccc1. The number of benzene rings is 1. The van der Waals surface area contributed by atoms with Crippen molar-refractivity contribution in [2.45, 2.75) is 38.6 Å². The summed E-state index contributed by atoms with van der Waals surface area (Å²) in [5, 5.41) is 0. The minimum atomic E-state index is 0.598. The third-order valence-corrected chi connectivity index (χ3v) is 3.90. The zero-order chi connectivity index (χ0) is 12.5. The molecule has 0 spiro atoms. The first-order valence-corrected chi connectivity index (χ1v) is 6.62. The first-order chi connectivity index (χ1) is 8.75. The molecule has 0 bridgehead atoms. The summed E-state index contributed by atoms with van der Waals surface area (Å²) in [6, 6.07) is 10.4. The lowest BCUT2D eigenvalue weighted by Crippen LogP contribution is -2.12. The van der Waals surface area contributed by atoms with Crippen molar-refractivity contribution in [1.82, 2.24) is 9.55 Å². The number of anilines is 1. The van der Waals surface area contributed by atoms with E-state index in [1.165, 1.54) is 24.8 Å². The van der Waals surface area contributed by atoms with Crippen molar-refractivity contribution in [1.29, 1.82) is 0 Å². The molecule has 3 rings (SSSR count). The summed E-state index contributed by atoms with van der Waals surface area (Å²) in [4.78, 5) is 4.67. The Balaban J connectivity index is 1.90. The normalized spacial score (nSPS) is 15.6. The zero-order valence-electron chi connectivity index (χ0n) is 10.8. The largest absolute Gasteiger partial charge is 0.384 e. The van der Waals surface area contributed by atoms with Crippen LogP contribution in [0.15, 0.2) is 30.3 Å². The smallest absolute Gasteiger partial charge is 0.127 e. The summed E-state index contributed by atoms with van der Waals surface area (Å²) in [5.74, 6) is 2.49. The van der Waals surface area contributed by atoms with Crippen LogP contribution in [0.4, 0.5) is 5.82 Å². The maximum Gasteiger partial charge on any atom is 0.127 e. The number of nitrogen functional groups attached to an aromatic ring is 1. The van der Waals surface area contributed by atoms with E-state index in [0.29, 0.717) is 5.92 Å². The second kappa shape index (κ2) is 4.48. The maximum atomic E-state index is 6.26. The third kappa shape index (κ3) is 1.90. The number of nitrogens with zero attached hydrogens (tertiary/aromatic N) is 2. The molecular formula is C15H19N3. The Kier molecular flexibility index (Phi) is 2.82. The topological polar surface area (TPSA) is 43.8 Å². The molecule has 0 amide bonds. The zero-order valence-corrected chi connectivity index (χ0v) is 10.8. The van der Waals surface area contributed by atoms with Gasteiger partial charge in [-0.25, -0.2) is 4.98 Å². The van der Waals surface area contributed by atoms with Crippen molar-refractivity contribution in [3.8, 4) is 0 Å². The van der Waals surface area contributed by atoms with Crippen molar-refractivity contribution in [2.75, 3.05) is 5.73 Å². The van der Waals surface area contributed by atoms with E-state index in [1.54, 1.807) is 0 Å². The second-order valence-electron chi connectivity index (χ2n) is 5.13. The van der Waals surface area contributed by atoms with E-state index in [2.05, 4.69) is 33.8 Å². The van der Waals surface area contributed by atoms with Gasteiger partial charge in [0.05, 0.1) is 12.2 Å². The van der Waals surface area contributed by atoms with Gasteiger partial charge in [0, 0.05) is 5.92 Å². The van der Waals surface area contributed by atoms with E-state index < -0.39 is 0 Å².